The van der Waals surface area contributed by atoms with E-state index >= 15 is 0 Å². The molecule has 29 heavy (non-hydrogen) atoms. The normalized spacial score (nSPS) is 11.1. The first-order valence-corrected chi connectivity index (χ1v) is 9.95. The first-order valence-electron chi connectivity index (χ1n) is 9.58. The summed E-state index contributed by atoms with van der Waals surface area (Å²) >= 11 is 5.95. The van der Waals surface area contributed by atoms with Crippen molar-refractivity contribution < 1.29 is 0 Å². The topological polar surface area (TPSA) is 75.1 Å². The van der Waals surface area contributed by atoms with Crippen molar-refractivity contribution in [3.63, 3.8) is 0 Å². The lowest BCUT2D eigenvalue weighted by atomic mass is 10.1. The van der Waals surface area contributed by atoms with Crippen molar-refractivity contribution in [3.8, 4) is 0 Å². The van der Waals surface area contributed by atoms with Crippen LogP contribution in [0.5, 0.6) is 0 Å². The highest BCUT2D eigenvalue weighted by atomic mass is 35.5. The smallest absolute Gasteiger partial charge is 0.277 e. The maximum absolute atomic E-state index is 13.0. The van der Waals surface area contributed by atoms with Crippen molar-refractivity contribution >= 4 is 23.1 Å². The van der Waals surface area contributed by atoms with E-state index in [0.717, 1.165) is 17.7 Å². The molecular formula is C22H22ClN5O. The summed E-state index contributed by atoms with van der Waals surface area (Å²) in [6.45, 7) is 4.44. The van der Waals surface area contributed by atoms with Gasteiger partial charge in [-0.05, 0) is 48.7 Å². The molecule has 0 fully saturated rings. The molecule has 2 heterocycles. The molecule has 0 aliphatic carbocycles. The van der Waals surface area contributed by atoms with Crippen LogP contribution in [0.1, 0.15) is 35.1 Å². The minimum atomic E-state index is -0.131. The standard InChI is InChI=1S/C22H22ClN5O/c1-3-15-6-10-18(11-7-15)24-13-20-26-22-25-14(2)19(21(29)28(22)27-20)12-16-4-8-17(23)9-5-16/h4-11,24H,3,12-13H2,1-2H3,(H,25,26,27). The number of aryl methyl sites for hydroxylation is 2. The summed E-state index contributed by atoms with van der Waals surface area (Å²) in [6.07, 6.45) is 1.50. The predicted molar refractivity (Wildman–Crippen MR) is 116 cm³/mol. The Balaban J connectivity index is 1.57. The molecule has 0 unspecified atom stereocenters. The summed E-state index contributed by atoms with van der Waals surface area (Å²) in [6, 6.07) is 15.8. The first-order chi connectivity index (χ1) is 14.0. The maximum atomic E-state index is 13.0. The van der Waals surface area contributed by atoms with Crippen LogP contribution in [-0.2, 0) is 19.4 Å². The Morgan fingerprint density at radius 1 is 1.03 bits per heavy atom. The predicted octanol–water partition coefficient (Wildman–Crippen LogP) is 4.14. The van der Waals surface area contributed by atoms with Crippen LogP contribution in [0.2, 0.25) is 5.02 Å². The molecule has 2 N–H and O–H groups in total. The van der Waals surface area contributed by atoms with Gasteiger partial charge in [0.25, 0.3) is 11.3 Å². The summed E-state index contributed by atoms with van der Waals surface area (Å²) in [5, 5.41) is 7.06. The largest absolute Gasteiger partial charge is 0.378 e. The zero-order valence-corrected chi connectivity index (χ0v) is 17.1. The molecule has 0 amide bonds. The third-order valence-electron chi connectivity index (χ3n) is 4.96. The van der Waals surface area contributed by atoms with E-state index in [9.17, 15) is 4.79 Å². The van der Waals surface area contributed by atoms with Gasteiger partial charge in [-0.15, -0.1) is 0 Å². The Morgan fingerprint density at radius 3 is 2.41 bits per heavy atom. The summed E-state index contributed by atoms with van der Waals surface area (Å²) in [5.74, 6) is 1.03. The Kier molecular flexibility index (Phi) is 5.36. The fourth-order valence-electron chi connectivity index (χ4n) is 3.23. The number of H-pyrrole nitrogens is 1. The molecule has 0 aliphatic rings. The van der Waals surface area contributed by atoms with Crippen molar-refractivity contribution in [1.82, 2.24) is 19.6 Å². The Hall–Kier alpha value is -3.12. The molecule has 4 aromatic rings. The fourth-order valence-corrected chi connectivity index (χ4v) is 3.36. The number of nitrogens with one attached hydrogen (secondary N) is 2. The van der Waals surface area contributed by atoms with E-state index in [1.165, 1.54) is 10.1 Å². The molecule has 0 aliphatic heterocycles. The van der Waals surface area contributed by atoms with Crippen molar-refractivity contribution in [1.29, 1.82) is 0 Å². The third-order valence-corrected chi connectivity index (χ3v) is 5.21. The van der Waals surface area contributed by atoms with E-state index in [1.807, 2.05) is 43.3 Å². The van der Waals surface area contributed by atoms with Crippen molar-refractivity contribution in [2.45, 2.75) is 33.2 Å². The number of nitrogens with zero attached hydrogens (tertiary/aromatic N) is 3. The van der Waals surface area contributed by atoms with E-state index in [2.05, 4.69) is 39.4 Å². The number of anilines is 1. The molecule has 0 bridgehead atoms. The highest BCUT2D eigenvalue weighted by Crippen LogP contribution is 2.14. The average Bonchev–Trinajstić information content (AvgIpc) is 3.14. The zero-order valence-electron chi connectivity index (χ0n) is 16.4. The van der Waals surface area contributed by atoms with Crippen molar-refractivity contribution in [2.24, 2.45) is 0 Å². The third kappa shape index (κ3) is 4.17. The molecule has 2 aromatic heterocycles. The fraction of sp³-hybridized carbons (Fsp3) is 0.227. The van der Waals surface area contributed by atoms with E-state index in [-0.39, 0.29) is 5.56 Å². The highest BCUT2D eigenvalue weighted by molar-refractivity contribution is 6.30. The molecule has 0 atom stereocenters. The van der Waals surface area contributed by atoms with Crippen LogP contribution in [0.4, 0.5) is 5.69 Å². The molecule has 0 spiro atoms. The van der Waals surface area contributed by atoms with Gasteiger partial charge in [0, 0.05) is 22.7 Å². The molecule has 2 aromatic carbocycles. The average molecular weight is 408 g/mol. The summed E-state index contributed by atoms with van der Waals surface area (Å²) < 4.78 is 1.41. The van der Waals surface area contributed by atoms with Crippen LogP contribution in [0.3, 0.4) is 0 Å². The lowest BCUT2D eigenvalue weighted by Gasteiger charge is -2.05. The number of hydrogen-bond acceptors (Lipinski definition) is 4. The van der Waals surface area contributed by atoms with Gasteiger partial charge in [-0.1, -0.05) is 42.8 Å². The Labute approximate surface area is 173 Å². The second-order valence-corrected chi connectivity index (χ2v) is 7.43. The van der Waals surface area contributed by atoms with E-state index in [4.69, 9.17) is 11.6 Å². The monoisotopic (exact) mass is 407 g/mol. The lowest BCUT2D eigenvalue weighted by Crippen LogP contribution is -2.22. The van der Waals surface area contributed by atoms with Gasteiger partial charge >= 0.3 is 0 Å². The highest BCUT2D eigenvalue weighted by Gasteiger charge is 2.14. The minimum absolute atomic E-state index is 0.131. The van der Waals surface area contributed by atoms with Gasteiger partial charge in [0.15, 0.2) is 0 Å². The summed E-state index contributed by atoms with van der Waals surface area (Å²) in [4.78, 5) is 22.0. The second kappa shape index (κ2) is 8.09. The Bertz CT molecular complexity index is 1190. The molecule has 148 valence electrons. The van der Waals surface area contributed by atoms with Gasteiger partial charge in [-0.25, -0.2) is 4.98 Å². The van der Waals surface area contributed by atoms with Crippen LogP contribution in [0, 0.1) is 6.92 Å². The number of rotatable bonds is 6. The summed E-state index contributed by atoms with van der Waals surface area (Å²) in [7, 11) is 0. The maximum Gasteiger partial charge on any atom is 0.277 e. The Morgan fingerprint density at radius 2 is 1.72 bits per heavy atom. The number of aromatic nitrogens is 4. The van der Waals surface area contributed by atoms with Gasteiger partial charge in [-0.2, -0.15) is 9.50 Å². The zero-order chi connectivity index (χ0) is 20.4. The van der Waals surface area contributed by atoms with Crippen LogP contribution < -0.4 is 10.9 Å². The molecule has 0 saturated carbocycles. The van der Waals surface area contributed by atoms with Crippen molar-refractivity contribution in [2.75, 3.05) is 5.32 Å². The van der Waals surface area contributed by atoms with Gasteiger partial charge in [-0.3, -0.25) is 9.89 Å². The minimum Gasteiger partial charge on any atom is -0.378 e. The quantitative estimate of drug-likeness (QED) is 0.503. The SMILES string of the molecule is CCc1ccc(NCc2nc3nc(C)c(Cc4ccc(Cl)cc4)c(=O)n3[nH]2)cc1. The van der Waals surface area contributed by atoms with Crippen LogP contribution >= 0.6 is 11.6 Å². The number of fused-ring (bicyclic) bond motifs is 1. The van der Waals surface area contributed by atoms with Crippen LogP contribution in [0.25, 0.3) is 5.78 Å². The number of hydrogen-bond donors (Lipinski definition) is 2. The van der Waals surface area contributed by atoms with Gasteiger partial charge in [0.1, 0.15) is 5.82 Å². The molecule has 7 heteroatoms. The van der Waals surface area contributed by atoms with Crippen molar-refractivity contribution in [3.05, 3.63) is 92.1 Å². The van der Waals surface area contributed by atoms with Crippen LogP contribution in [0.15, 0.2) is 53.3 Å². The molecule has 0 saturated heterocycles. The van der Waals surface area contributed by atoms with Gasteiger partial charge < -0.3 is 5.32 Å². The number of aromatic amines is 1. The second-order valence-electron chi connectivity index (χ2n) is 6.99. The van der Waals surface area contributed by atoms with E-state index in [0.29, 0.717) is 40.8 Å². The first kappa shape index (κ1) is 19.2. The number of benzene rings is 2. The molecular weight excluding hydrogens is 386 g/mol. The molecule has 4 rings (SSSR count). The molecule has 0 radical (unpaired) electrons. The number of halogens is 1. The molecule has 6 nitrogen and oxygen atoms in total. The van der Waals surface area contributed by atoms with E-state index in [1.54, 1.807) is 0 Å². The van der Waals surface area contributed by atoms with Crippen LogP contribution in [-0.4, -0.2) is 19.6 Å². The van der Waals surface area contributed by atoms with E-state index < -0.39 is 0 Å². The van der Waals surface area contributed by atoms with Gasteiger partial charge in [0.05, 0.1) is 12.2 Å². The van der Waals surface area contributed by atoms with Gasteiger partial charge in [0.2, 0.25) is 0 Å². The summed E-state index contributed by atoms with van der Waals surface area (Å²) in [5.41, 5.74) is 4.50. The lowest BCUT2D eigenvalue weighted by molar-refractivity contribution is 0.832.